The molecule has 2 rings (SSSR count). The molecular formula is C12H19N5O3. The van der Waals surface area contributed by atoms with E-state index in [4.69, 9.17) is 5.11 Å². The lowest BCUT2D eigenvalue weighted by molar-refractivity contribution is -0.142. The molecule has 8 heteroatoms. The molecule has 1 aromatic heterocycles. The third kappa shape index (κ3) is 3.46. The fourth-order valence-corrected chi connectivity index (χ4v) is 2.56. The second-order valence-electron chi connectivity index (χ2n) is 5.11. The second-order valence-corrected chi connectivity index (χ2v) is 5.11. The molecule has 2 amide bonds. The van der Waals surface area contributed by atoms with E-state index in [1.54, 1.807) is 7.05 Å². The van der Waals surface area contributed by atoms with Gasteiger partial charge in [0.1, 0.15) is 12.2 Å². The second kappa shape index (κ2) is 6.36. The van der Waals surface area contributed by atoms with Crippen molar-refractivity contribution in [3.8, 4) is 0 Å². The largest absolute Gasteiger partial charge is 0.481 e. The van der Waals surface area contributed by atoms with E-state index in [2.05, 4.69) is 20.5 Å². The average molecular weight is 281 g/mol. The number of carboxylic acids is 1. The maximum atomic E-state index is 11.9. The molecule has 8 nitrogen and oxygen atoms in total. The van der Waals surface area contributed by atoms with Crippen molar-refractivity contribution < 1.29 is 14.7 Å². The minimum Gasteiger partial charge on any atom is -0.481 e. The summed E-state index contributed by atoms with van der Waals surface area (Å²) in [4.78, 5) is 28.4. The number of hydrogen-bond acceptors (Lipinski definition) is 4. The minimum absolute atomic E-state index is 0.0233. The van der Waals surface area contributed by atoms with Crippen molar-refractivity contribution in [1.82, 2.24) is 25.4 Å². The number of aromatic amines is 1. The summed E-state index contributed by atoms with van der Waals surface area (Å²) in [5.41, 5.74) is 0. The highest BCUT2D eigenvalue weighted by Gasteiger charge is 2.33. The highest BCUT2D eigenvalue weighted by Crippen LogP contribution is 2.31. The summed E-state index contributed by atoms with van der Waals surface area (Å²) in [6.45, 7) is 0.732. The van der Waals surface area contributed by atoms with Crippen molar-refractivity contribution in [2.24, 2.45) is 11.8 Å². The lowest BCUT2D eigenvalue weighted by Crippen LogP contribution is -2.40. The zero-order valence-electron chi connectivity index (χ0n) is 11.4. The number of hydrogen-bond donors (Lipinski definition) is 3. The van der Waals surface area contributed by atoms with Gasteiger partial charge in [-0.2, -0.15) is 5.10 Å². The summed E-state index contributed by atoms with van der Waals surface area (Å²) in [6.07, 6.45) is 3.84. The van der Waals surface area contributed by atoms with Crippen molar-refractivity contribution in [3.05, 3.63) is 12.2 Å². The number of urea groups is 1. The van der Waals surface area contributed by atoms with Crippen molar-refractivity contribution in [3.63, 3.8) is 0 Å². The van der Waals surface area contributed by atoms with E-state index in [1.165, 1.54) is 11.2 Å². The summed E-state index contributed by atoms with van der Waals surface area (Å²) in [5.74, 6) is -0.478. The van der Waals surface area contributed by atoms with Gasteiger partial charge in [-0.25, -0.2) is 9.78 Å². The first-order valence-electron chi connectivity index (χ1n) is 6.64. The van der Waals surface area contributed by atoms with Crippen LogP contribution in [0.5, 0.6) is 0 Å². The molecule has 0 radical (unpaired) electrons. The molecule has 20 heavy (non-hydrogen) atoms. The van der Waals surface area contributed by atoms with Gasteiger partial charge in [0.05, 0.1) is 12.5 Å². The Morgan fingerprint density at radius 3 is 3.00 bits per heavy atom. The topological polar surface area (TPSA) is 111 Å². The Hall–Kier alpha value is -2.12. The van der Waals surface area contributed by atoms with Crippen LogP contribution in [0.25, 0.3) is 0 Å². The molecule has 1 fully saturated rings. The van der Waals surface area contributed by atoms with Gasteiger partial charge in [-0.15, -0.1) is 0 Å². The first-order chi connectivity index (χ1) is 9.58. The van der Waals surface area contributed by atoms with Crippen LogP contribution >= 0.6 is 0 Å². The summed E-state index contributed by atoms with van der Waals surface area (Å²) >= 11 is 0. The molecule has 0 spiro atoms. The standard InChI is InChI=1S/C12H19N5O3/c1-17(6-10-14-7-15-16-10)12(20)13-5-8-3-2-4-9(8)11(18)19/h7-9H,2-6H2,1H3,(H,13,20)(H,18,19)(H,14,15,16). The van der Waals surface area contributed by atoms with Crippen LogP contribution in [-0.4, -0.2) is 50.8 Å². The third-order valence-corrected chi connectivity index (χ3v) is 3.69. The summed E-state index contributed by atoms with van der Waals surface area (Å²) in [5, 5.41) is 18.3. The van der Waals surface area contributed by atoms with Crippen molar-refractivity contribution in [1.29, 1.82) is 0 Å². The number of carbonyl (C=O) groups is 2. The number of H-pyrrole nitrogens is 1. The maximum Gasteiger partial charge on any atom is 0.317 e. The molecule has 110 valence electrons. The summed E-state index contributed by atoms with van der Waals surface area (Å²) in [7, 11) is 1.65. The smallest absolute Gasteiger partial charge is 0.317 e. The molecule has 1 heterocycles. The van der Waals surface area contributed by atoms with Gasteiger partial charge in [0.2, 0.25) is 0 Å². The normalized spacial score (nSPS) is 21.6. The number of rotatable bonds is 5. The molecule has 3 N–H and O–H groups in total. The number of nitrogens with zero attached hydrogens (tertiary/aromatic N) is 3. The Morgan fingerprint density at radius 2 is 2.35 bits per heavy atom. The van der Waals surface area contributed by atoms with Crippen LogP contribution in [0, 0.1) is 11.8 Å². The SMILES string of the molecule is CN(Cc1ncn[nH]1)C(=O)NCC1CCCC1C(=O)O. The van der Waals surface area contributed by atoms with Gasteiger partial charge in [-0.05, 0) is 18.8 Å². The zero-order chi connectivity index (χ0) is 14.5. The van der Waals surface area contributed by atoms with Crippen LogP contribution in [0.3, 0.4) is 0 Å². The molecule has 1 aliphatic carbocycles. The van der Waals surface area contributed by atoms with Crippen LogP contribution in [0.2, 0.25) is 0 Å². The Balaban J connectivity index is 1.78. The molecule has 0 bridgehead atoms. The summed E-state index contributed by atoms with van der Waals surface area (Å²) in [6, 6.07) is -0.238. The Bertz CT molecular complexity index is 462. The molecule has 1 aliphatic rings. The molecule has 0 aliphatic heterocycles. The number of aliphatic carboxylic acids is 1. The Labute approximate surface area is 116 Å². The molecule has 0 saturated heterocycles. The van der Waals surface area contributed by atoms with E-state index in [0.29, 0.717) is 25.3 Å². The fraction of sp³-hybridized carbons (Fsp3) is 0.667. The van der Waals surface area contributed by atoms with Crippen LogP contribution in [0.1, 0.15) is 25.1 Å². The Kier molecular flexibility index (Phi) is 4.54. The highest BCUT2D eigenvalue weighted by molar-refractivity contribution is 5.74. The van der Waals surface area contributed by atoms with Crippen molar-refractivity contribution in [2.75, 3.05) is 13.6 Å². The van der Waals surface area contributed by atoms with Gasteiger partial charge in [0.15, 0.2) is 0 Å². The lowest BCUT2D eigenvalue weighted by atomic mass is 9.96. The van der Waals surface area contributed by atoms with Gasteiger partial charge in [-0.3, -0.25) is 9.89 Å². The zero-order valence-corrected chi connectivity index (χ0v) is 11.4. The molecule has 0 aromatic carbocycles. The predicted molar refractivity (Wildman–Crippen MR) is 69.7 cm³/mol. The average Bonchev–Trinajstić information content (AvgIpc) is 3.06. The van der Waals surface area contributed by atoms with Crippen LogP contribution in [0.4, 0.5) is 4.79 Å². The third-order valence-electron chi connectivity index (χ3n) is 3.69. The van der Waals surface area contributed by atoms with Crippen LogP contribution in [0.15, 0.2) is 6.33 Å². The van der Waals surface area contributed by atoms with E-state index in [9.17, 15) is 9.59 Å². The first kappa shape index (κ1) is 14.3. The van der Waals surface area contributed by atoms with Crippen LogP contribution in [-0.2, 0) is 11.3 Å². The fourth-order valence-electron chi connectivity index (χ4n) is 2.56. The van der Waals surface area contributed by atoms with E-state index < -0.39 is 5.97 Å². The Morgan fingerprint density at radius 1 is 1.55 bits per heavy atom. The van der Waals surface area contributed by atoms with Gasteiger partial charge in [0, 0.05) is 13.6 Å². The van der Waals surface area contributed by atoms with E-state index in [-0.39, 0.29) is 17.9 Å². The van der Waals surface area contributed by atoms with E-state index >= 15 is 0 Å². The van der Waals surface area contributed by atoms with Gasteiger partial charge in [-0.1, -0.05) is 6.42 Å². The molecule has 2 unspecified atom stereocenters. The molecular weight excluding hydrogens is 262 g/mol. The maximum absolute atomic E-state index is 11.9. The molecule has 1 aromatic rings. The highest BCUT2D eigenvalue weighted by atomic mass is 16.4. The number of carboxylic acid groups (broad SMARTS) is 1. The number of nitrogens with one attached hydrogen (secondary N) is 2. The van der Waals surface area contributed by atoms with E-state index in [0.717, 1.165) is 12.8 Å². The lowest BCUT2D eigenvalue weighted by Gasteiger charge is -2.20. The van der Waals surface area contributed by atoms with Gasteiger partial charge < -0.3 is 15.3 Å². The molecule has 1 saturated carbocycles. The van der Waals surface area contributed by atoms with Gasteiger partial charge >= 0.3 is 12.0 Å². The van der Waals surface area contributed by atoms with E-state index in [1.807, 2.05) is 0 Å². The monoisotopic (exact) mass is 281 g/mol. The first-order valence-corrected chi connectivity index (χ1v) is 6.64. The molecule has 2 atom stereocenters. The number of aromatic nitrogens is 3. The number of carbonyl (C=O) groups excluding carboxylic acids is 1. The van der Waals surface area contributed by atoms with Gasteiger partial charge in [0.25, 0.3) is 0 Å². The minimum atomic E-state index is -0.767. The number of amides is 2. The van der Waals surface area contributed by atoms with Crippen molar-refractivity contribution in [2.45, 2.75) is 25.8 Å². The summed E-state index contributed by atoms with van der Waals surface area (Å²) < 4.78 is 0. The quantitative estimate of drug-likeness (QED) is 0.725. The van der Waals surface area contributed by atoms with Crippen LogP contribution < -0.4 is 5.32 Å². The predicted octanol–water partition coefficient (Wildman–Crippen LogP) is 0.447. The van der Waals surface area contributed by atoms with Crippen molar-refractivity contribution >= 4 is 12.0 Å².